The summed E-state index contributed by atoms with van der Waals surface area (Å²) < 4.78 is 6.25. The molecule has 1 saturated carbocycles. The summed E-state index contributed by atoms with van der Waals surface area (Å²) in [5.41, 5.74) is 0.00685. The molecule has 0 aromatic heterocycles. The van der Waals surface area contributed by atoms with Crippen LogP contribution in [0.25, 0.3) is 0 Å². The third-order valence-electron chi connectivity index (χ3n) is 2.46. The highest BCUT2D eigenvalue weighted by atomic mass is 79.9. The van der Waals surface area contributed by atoms with Gasteiger partial charge in [-0.1, -0.05) is 22.0 Å². The van der Waals surface area contributed by atoms with Crippen molar-refractivity contribution >= 4 is 37.5 Å². The Morgan fingerprint density at radius 2 is 2.12 bits per heavy atom. The first kappa shape index (κ1) is 11.9. The second kappa shape index (κ2) is 4.71. The molecule has 0 spiro atoms. The summed E-state index contributed by atoms with van der Waals surface area (Å²) >= 11 is 6.73. The Morgan fingerprint density at radius 3 is 2.69 bits per heavy atom. The molecule has 2 rings (SSSR count). The number of hydrogen-bond donors (Lipinski definition) is 0. The Morgan fingerprint density at radius 1 is 1.44 bits per heavy atom. The van der Waals surface area contributed by atoms with Crippen molar-refractivity contribution in [3.05, 3.63) is 32.8 Å². The summed E-state index contributed by atoms with van der Waals surface area (Å²) in [6.07, 6.45) is 1.85. The molecule has 6 heteroatoms. The van der Waals surface area contributed by atoms with E-state index in [1.807, 2.05) is 0 Å². The van der Waals surface area contributed by atoms with Crippen LogP contribution in [0.2, 0.25) is 0 Å². The van der Waals surface area contributed by atoms with Gasteiger partial charge in [0, 0.05) is 10.9 Å². The lowest BCUT2D eigenvalue weighted by Gasteiger charge is -2.31. The maximum Gasteiger partial charge on any atom is 0.312 e. The summed E-state index contributed by atoms with van der Waals surface area (Å²) in [6.45, 7) is 0. The molecule has 0 N–H and O–H groups in total. The van der Waals surface area contributed by atoms with Gasteiger partial charge in [-0.15, -0.1) is 0 Å². The summed E-state index contributed by atoms with van der Waals surface area (Å²) in [5.74, 6) is 0.330. The van der Waals surface area contributed by atoms with Crippen molar-refractivity contribution in [2.45, 2.75) is 23.8 Å². The van der Waals surface area contributed by atoms with E-state index in [1.54, 1.807) is 12.1 Å². The molecule has 86 valence electrons. The van der Waals surface area contributed by atoms with Gasteiger partial charge in [-0.05, 0) is 34.8 Å². The number of alkyl halides is 1. The van der Waals surface area contributed by atoms with E-state index in [-0.39, 0.29) is 11.8 Å². The smallest absolute Gasteiger partial charge is 0.312 e. The van der Waals surface area contributed by atoms with Gasteiger partial charge in [0.05, 0.1) is 9.40 Å². The molecule has 0 aliphatic heterocycles. The van der Waals surface area contributed by atoms with Crippen LogP contribution in [0.5, 0.6) is 5.75 Å². The topological polar surface area (TPSA) is 52.4 Å². The zero-order valence-electron chi connectivity index (χ0n) is 8.23. The molecular formula is C10H9Br2NO3. The van der Waals surface area contributed by atoms with E-state index in [4.69, 9.17) is 4.74 Å². The van der Waals surface area contributed by atoms with Crippen molar-refractivity contribution in [1.29, 1.82) is 0 Å². The van der Waals surface area contributed by atoms with Crippen LogP contribution in [0.1, 0.15) is 12.8 Å². The average Bonchev–Trinajstić information content (AvgIpc) is 2.18. The minimum Gasteiger partial charge on any atom is -0.483 e. The Bertz CT molecular complexity index is 419. The van der Waals surface area contributed by atoms with Crippen LogP contribution >= 0.6 is 31.9 Å². The highest BCUT2D eigenvalue weighted by Crippen LogP contribution is 2.39. The van der Waals surface area contributed by atoms with Crippen LogP contribution in [0.15, 0.2) is 22.7 Å². The molecule has 0 bridgehead atoms. The van der Waals surface area contributed by atoms with E-state index >= 15 is 0 Å². The van der Waals surface area contributed by atoms with Gasteiger partial charge in [-0.2, -0.15) is 0 Å². The van der Waals surface area contributed by atoms with E-state index in [9.17, 15) is 10.1 Å². The summed E-state index contributed by atoms with van der Waals surface area (Å²) in [7, 11) is 0. The summed E-state index contributed by atoms with van der Waals surface area (Å²) in [5, 5.41) is 10.8. The van der Waals surface area contributed by atoms with Crippen molar-refractivity contribution in [3.8, 4) is 5.75 Å². The van der Waals surface area contributed by atoms with E-state index in [0.29, 0.717) is 15.0 Å². The van der Waals surface area contributed by atoms with E-state index in [1.165, 1.54) is 6.07 Å². The van der Waals surface area contributed by atoms with Gasteiger partial charge in [0.25, 0.3) is 0 Å². The lowest BCUT2D eigenvalue weighted by molar-refractivity contribution is -0.386. The fourth-order valence-corrected chi connectivity index (χ4v) is 2.81. The zero-order valence-corrected chi connectivity index (χ0v) is 11.4. The van der Waals surface area contributed by atoms with Crippen LogP contribution < -0.4 is 4.74 Å². The molecule has 4 nitrogen and oxygen atoms in total. The zero-order chi connectivity index (χ0) is 11.7. The lowest BCUT2D eigenvalue weighted by atomic mass is 9.96. The van der Waals surface area contributed by atoms with Gasteiger partial charge in [0.15, 0.2) is 0 Å². The number of hydrogen-bond acceptors (Lipinski definition) is 3. The van der Waals surface area contributed by atoms with Crippen molar-refractivity contribution in [2.75, 3.05) is 0 Å². The molecule has 16 heavy (non-hydrogen) atoms. The minimum absolute atomic E-state index is 0.00685. The van der Waals surface area contributed by atoms with Gasteiger partial charge in [-0.25, -0.2) is 0 Å². The third-order valence-corrected chi connectivity index (χ3v) is 3.84. The van der Waals surface area contributed by atoms with Crippen molar-refractivity contribution in [3.63, 3.8) is 0 Å². The first-order chi connectivity index (χ1) is 7.58. The molecule has 1 aromatic carbocycles. The number of rotatable bonds is 3. The highest BCUT2D eigenvalue weighted by molar-refractivity contribution is 9.10. The van der Waals surface area contributed by atoms with Gasteiger partial charge in [-0.3, -0.25) is 10.1 Å². The normalized spacial score (nSPS) is 23.6. The van der Waals surface area contributed by atoms with Crippen LogP contribution in [-0.4, -0.2) is 15.9 Å². The van der Waals surface area contributed by atoms with Crippen molar-refractivity contribution in [1.82, 2.24) is 0 Å². The molecular weight excluding hydrogens is 342 g/mol. The monoisotopic (exact) mass is 349 g/mol. The quantitative estimate of drug-likeness (QED) is 0.475. The first-order valence-corrected chi connectivity index (χ1v) is 6.52. The molecule has 0 atom stereocenters. The predicted molar refractivity (Wildman–Crippen MR) is 67.2 cm³/mol. The Balaban J connectivity index is 2.21. The minimum atomic E-state index is -0.426. The Labute approximate surface area is 109 Å². The number of benzene rings is 1. The maximum atomic E-state index is 10.8. The Kier molecular flexibility index (Phi) is 3.49. The number of nitrogens with zero attached hydrogens (tertiary/aromatic N) is 1. The molecule has 0 heterocycles. The SMILES string of the molecule is O=[N+]([O-])c1cccc(Br)c1OC1CC(Br)C1. The fourth-order valence-electron chi connectivity index (χ4n) is 1.52. The van der Waals surface area contributed by atoms with Gasteiger partial charge < -0.3 is 4.74 Å². The molecule has 1 aliphatic carbocycles. The number of nitro benzene ring substituents is 1. The fraction of sp³-hybridized carbons (Fsp3) is 0.400. The molecule has 0 radical (unpaired) electrons. The van der Waals surface area contributed by atoms with Gasteiger partial charge in [0.2, 0.25) is 5.75 Å². The summed E-state index contributed by atoms with van der Waals surface area (Å²) in [4.78, 5) is 10.9. The molecule has 0 saturated heterocycles. The number of halogens is 2. The van der Waals surface area contributed by atoms with Crippen LogP contribution in [-0.2, 0) is 0 Å². The van der Waals surface area contributed by atoms with Crippen LogP contribution in [0.3, 0.4) is 0 Å². The maximum absolute atomic E-state index is 10.8. The molecule has 1 aliphatic rings. The number of nitro groups is 1. The summed E-state index contributed by atoms with van der Waals surface area (Å²) in [6, 6.07) is 4.82. The molecule has 0 unspecified atom stereocenters. The molecule has 1 aromatic rings. The van der Waals surface area contributed by atoms with Gasteiger partial charge >= 0.3 is 5.69 Å². The van der Waals surface area contributed by atoms with Crippen LogP contribution in [0.4, 0.5) is 5.69 Å². The van der Waals surface area contributed by atoms with E-state index in [0.717, 1.165) is 12.8 Å². The van der Waals surface area contributed by atoms with Gasteiger partial charge in [0.1, 0.15) is 6.10 Å². The first-order valence-electron chi connectivity index (χ1n) is 4.81. The van der Waals surface area contributed by atoms with Crippen LogP contribution in [0, 0.1) is 10.1 Å². The van der Waals surface area contributed by atoms with Crippen molar-refractivity contribution in [2.24, 2.45) is 0 Å². The largest absolute Gasteiger partial charge is 0.483 e. The molecule has 1 fully saturated rings. The van der Waals surface area contributed by atoms with E-state index < -0.39 is 4.92 Å². The Hall–Kier alpha value is -0.620. The van der Waals surface area contributed by atoms with E-state index in [2.05, 4.69) is 31.9 Å². The second-order valence-corrected chi connectivity index (χ2v) is 5.80. The predicted octanol–water partition coefficient (Wildman–Crippen LogP) is 3.66. The average molecular weight is 351 g/mol. The molecule has 0 amide bonds. The lowest BCUT2D eigenvalue weighted by Crippen LogP contribution is -2.34. The van der Waals surface area contributed by atoms with Crippen molar-refractivity contribution < 1.29 is 9.66 Å². The standard InChI is InChI=1S/C10H9Br2NO3/c11-6-4-7(5-6)16-10-8(12)2-1-3-9(10)13(14)15/h1-3,6-7H,4-5H2. The second-order valence-electron chi connectivity index (χ2n) is 3.65. The third kappa shape index (κ3) is 2.38. The number of para-hydroxylation sites is 1. The highest BCUT2D eigenvalue weighted by Gasteiger charge is 2.31. The number of ether oxygens (including phenoxy) is 1.